The van der Waals surface area contributed by atoms with Crippen molar-refractivity contribution in [2.24, 2.45) is 0 Å². The van der Waals surface area contributed by atoms with Gasteiger partial charge < -0.3 is 16.0 Å². The molecule has 8 nitrogen and oxygen atoms in total. The molecule has 0 spiro atoms. The third-order valence-corrected chi connectivity index (χ3v) is 4.70. The van der Waals surface area contributed by atoms with E-state index in [-0.39, 0.29) is 24.3 Å². The van der Waals surface area contributed by atoms with Gasteiger partial charge in [-0.3, -0.25) is 4.79 Å². The Balaban J connectivity index is 1.73. The van der Waals surface area contributed by atoms with E-state index >= 15 is 0 Å². The van der Waals surface area contributed by atoms with Crippen molar-refractivity contribution < 1.29 is 4.79 Å². The molecule has 1 atom stereocenters. The first-order valence-corrected chi connectivity index (χ1v) is 8.83. The first kappa shape index (κ1) is 18.8. The van der Waals surface area contributed by atoms with Gasteiger partial charge in [0.2, 0.25) is 11.9 Å². The van der Waals surface area contributed by atoms with Crippen LogP contribution in [-0.2, 0) is 11.2 Å². The summed E-state index contributed by atoms with van der Waals surface area (Å²) in [5.41, 5.74) is 9.24. The molecule has 0 aliphatic rings. The second-order valence-corrected chi connectivity index (χ2v) is 6.81. The van der Waals surface area contributed by atoms with E-state index in [2.05, 4.69) is 37.4 Å². The summed E-state index contributed by atoms with van der Waals surface area (Å²) in [5, 5.41) is 7.18. The Morgan fingerprint density at radius 2 is 1.93 bits per heavy atom. The van der Waals surface area contributed by atoms with Gasteiger partial charge in [0, 0.05) is 23.5 Å². The van der Waals surface area contributed by atoms with E-state index in [4.69, 9.17) is 5.73 Å². The minimum Gasteiger partial charge on any atom is -0.366 e. The molecule has 8 heteroatoms. The van der Waals surface area contributed by atoms with E-state index in [9.17, 15) is 4.79 Å². The number of amides is 1. The summed E-state index contributed by atoms with van der Waals surface area (Å²) in [5.74, 6) is 0.560. The molecule has 0 fully saturated rings. The number of nitrogens with one attached hydrogen (secondary N) is 1. The molecule has 3 aromatic rings. The molecular weight excluding hydrogens is 342 g/mol. The Morgan fingerprint density at radius 3 is 2.59 bits per heavy atom. The first-order chi connectivity index (χ1) is 12.9. The van der Waals surface area contributed by atoms with Crippen LogP contribution in [0, 0.1) is 13.8 Å². The lowest BCUT2D eigenvalue weighted by Crippen LogP contribution is -2.35. The molecule has 3 N–H and O–H groups in total. The Hall–Kier alpha value is -3.00. The highest BCUT2D eigenvalue weighted by atomic mass is 16.1. The summed E-state index contributed by atoms with van der Waals surface area (Å²) >= 11 is 0. The van der Waals surface area contributed by atoms with Crippen LogP contribution in [0.25, 0.3) is 5.78 Å². The normalized spacial score (nSPS) is 12.5. The Labute approximate surface area is 158 Å². The van der Waals surface area contributed by atoms with Gasteiger partial charge in [0.25, 0.3) is 5.78 Å². The molecule has 1 aromatic carbocycles. The second kappa shape index (κ2) is 7.71. The van der Waals surface area contributed by atoms with E-state index in [0.717, 1.165) is 22.5 Å². The number of carbonyl (C=O) groups is 1. The lowest BCUT2D eigenvalue weighted by atomic mass is 10.1. The summed E-state index contributed by atoms with van der Waals surface area (Å²) < 4.78 is 1.58. The zero-order chi connectivity index (χ0) is 19.6. The third-order valence-electron chi connectivity index (χ3n) is 4.70. The van der Waals surface area contributed by atoms with E-state index in [0.29, 0.717) is 12.3 Å². The number of hydrogen-bond donors (Lipinski definition) is 2. The molecule has 0 bridgehead atoms. The Bertz CT molecular complexity index is 950. The van der Waals surface area contributed by atoms with Crippen molar-refractivity contribution in [2.45, 2.75) is 26.3 Å². The molecule has 0 saturated carbocycles. The van der Waals surface area contributed by atoms with Crippen molar-refractivity contribution in [3.8, 4) is 0 Å². The van der Waals surface area contributed by atoms with Crippen LogP contribution in [0.3, 0.4) is 0 Å². The Morgan fingerprint density at radius 1 is 1.22 bits per heavy atom. The summed E-state index contributed by atoms with van der Waals surface area (Å²) in [6.07, 6.45) is 0.231. The van der Waals surface area contributed by atoms with Crippen LogP contribution in [0.15, 0.2) is 30.3 Å². The smallest absolute Gasteiger partial charge is 0.254 e. The molecule has 2 aromatic heterocycles. The zero-order valence-corrected chi connectivity index (χ0v) is 16.1. The van der Waals surface area contributed by atoms with Gasteiger partial charge in [-0.05, 0) is 33.5 Å². The van der Waals surface area contributed by atoms with Gasteiger partial charge in [0.05, 0.1) is 12.5 Å². The molecule has 3 rings (SSSR count). The van der Waals surface area contributed by atoms with E-state index in [1.54, 1.807) is 4.52 Å². The molecular formula is C19H25N7O. The molecule has 1 amide bonds. The maximum atomic E-state index is 12.6. The molecule has 27 heavy (non-hydrogen) atoms. The number of carbonyl (C=O) groups excluding carboxylic acids is 1. The maximum absolute atomic E-state index is 12.6. The van der Waals surface area contributed by atoms with Crippen LogP contribution >= 0.6 is 0 Å². The van der Waals surface area contributed by atoms with E-state index < -0.39 is 0 Å². The van der Waals surface area contributed by atoms with Crippen LogP contribution in [0.4, 0.5) is 5.95 Å². The molecule has 0 aliphatic carbocycles. The number of nitrogens with two attached hydrogens (primary N) is 1. The van der Waals surface area contributed by atoms with Crippen molar-refractivity contribution in [3.63, 3.8) is 0 Å². The topological polar surface area (TPSA) is 101 Å². The van der Waals surface area contributed by atoms with Gasteiger partial charge in [-0.1, -0.05) is 30.3 Å². The average Bonchev–Trinajstić information content (AvgIpc) is 3.00. The number of anilines is 1. The van der Waals surface area contributed by atoms with Crippen molar-refractivity contribution in [1.82, 2.24) is 29.8 Å². The number of fused-ring (bicyclic) bond motifs is 1. The fourth-order valence-electron chi connectivity index (χ4n) is 3.19. The predicted octanol–water partition coefficient (Wildman–Crippen LogP) is 1.28. The maximum Gasteiger partial charge on any atom is 0.254 e. The summed E-state index contributed by atoms with van der Waals surface area (Å²) in [6.45, 7) is 4.29. The lowest BCUT2D eigenvalue weighted by molar-refractivity contribution is -0.120. The number of hydrogen-bond acceptors (Lipinski definition) is 6. The SMILES string of the molecule is Cc1nc2nc(N)nn2c(C)c1CC(=O)NC[C@@H](c1ccccc1)N(C)C. The number of nitrogens with zero attached hydrogens (tertiary/aromatic N) is 5. The fraction of sp³-hybridized carbons (Fsp3) is 0.368. The minimum atomic E-state index is -0.0572. The summed E-state index contributed by atoms with van der Waals surface area (Å²) in [4.78, 5) is 23.2. The standard InChI is InChI=1S/C19H25N7O/c1-12-15(13(2)26-19(22-12)23-18(20)24-26)10-17(27)21-11-16(25(3)4)14-8-6-5-7-9-14/h5-9,16H,10-11H2,1-4H3,(H2,20,24)(H,21,27)/t16-/m0/s1. The van der Waals surface area contributed by atoms with Gasteiger partial charge in [-0.15, -0.1) is 5.10 Å². The van der Waals surface area contributed by atoms with Gasteiger partial charge in [-0.2, -0.15) is 9.50 Å². The number of rotatable bonds is 6. The van der Waals surface area contributed by atoms with Crippen molar-refractivity contribution in [2.75, 3.05) is 26.4 Å². The van der Waals surface area contributed by atoms with Gasteiger partial charge in [0.1, 0.15) is 0 Å². The molecule has 0 saturated heterocycles. The number of nitrogen functional groups attached to an aromatic ring is 1. The first-order valence-electron chi connectivity index (χ1n) is 8.83. The summed E-state index contributed by atoms with van der Waals surface area (Å²) in [7, 11) is 4.01. The highest BCUT2D eigenvalue weighted by Crippen LogP contribution is 2.18. The highest BCUT2D eigenvalue weighted by Gasteiger charge is 2.18. The molecule has 2 heterocycles. The molecule has 0 aliphatic heterocycles. The van der Waals surface area contributed by atoms with Gasteiger partial charge in [-0.25, -0.2) is 4.98 Å². The van der Waals surface area contributed by atoms with Crippen molar-refractivity contribution in [3.05, 3.63) is 52.8 Å². The van der Waals surface area contributed by atoms with Crippen LogP contribution in [0.1, 0.15) is 28.6 Å². The molecule has 0 radical (unpaired) electrons. The van der Waals surface area contributed by atoms with Crippen LogP contribution < -0.4 is 11.1 Å². The number of benzene rings is 1. The largest absolute Gasteiger partial charge is 0.366 e. The average molecular weight is 367 g/mol. The number of aryl methyl sites for hydroxylation is 2. The van der Waals surface area contributed by atoms with E-state index in [1.165, 1.54) is 0 Å². The zero-order valence-electron chi connectivity index (χ0n) is 16.1. The molecule has 0 unspecified atom stereocenters. The monoisotopic (exact) mass is 367 g/mol. The van der Waals surface area contributed by atoms with Crippen LogP contribution in [0.2, 0.25) is 0 Å². The summed E-state index contributed by atoms with van der Waals surface area (Å²) in [6, 6.07) is 10.2. The highest BCUT2D eigenvalue weighted by molar-refractivity contribution is 5.79. The minimum absolute atomic E-state index is 0.0572. The number of aromatic nitrogens is 4. The van der Waals surface area contributed by atoms with Crippen LogP contribution in [-0.4, -0.2) is 51.0 Å². The quantitative estimate of drug-likeness (QED) is 0.681. The number of likely N-dealkylation sites (N-methyl/N-ethyl adjacent to an activating group) is 1. The predicted molar refractivity (Wildman–Crippen MR) is 104 cm³/mol. The molecule has 142 valence electrons. The van der Waals surface area contributed by atoms with Gasteiger partial charge >= 0.3 is 0 Å². The van der Waals surface area contributed by atoms with Crippen LogP contribution in [0.5, 0.6) is 0 Å². The Kier molecular flexibility index (Phi) is 5.36. The fourth-order valence-corrected chi connectivity index (χ4v) is 3.19. The third kappa shape index (κ3) is 4.06. The lowest BCUT2D eigenvalue weighted by Gasteiger charge is -2.25. The second-order valence-electron chi connectivity index (χ2n) is 6.81. The van der Waals surface area contributed by atoms with Gasteiger partial charge in [0.15, 0.2) is 0 Å². The van der Waals surface area contributed by atoms with Crippen molar-refractivity contribution in [1.29, 1.82) is 0 Å². The van der Waals surface area contributed by atoms with Crippen molar-refractivity contribution >= 4 is 17.6 Å². The van der Waals surface area contributed by atoms with E-state index in [1.807, 2.05) is 46.1 Å².